The molecule has 0 radical (unpaired) electrons. The lowest BCUT2D eigenvalue weighted by molar-refractivity contribution is 0.464. The standard InChI is InChI=1S/C18H31N/c1-2-3-4-5-6-7-8-9-10-13-16-19-17-14-11-12-15-18-19/h11-12,14-15,17-18H,2-10,13,16H2,1H3. The molecule has 0 bridgehead atoms. The molecule has 1 rings (SSSR count). The van der Waals surface area contributed by atoms with Crippen molar-refractivity contribution in [2.45, 2.75) is 71.1 Å². The molecule has 0 amide bonds. The highest BCUT2D eigenvalue weighted by Crippen LogP contribution is 2.11. The largest absolute Gasteiger partial charge is 0.354 e. The Bertz CT molecular complexity index is 259. The highest BCUT2D eigenvalue weighted by atomic mass is 15.1. The average molecular weight is 261 g/mol. The molecule has 0 atom stereocenters. The van der Waals surface area contributed by atoms with Crippen LogP contribution in [0.1, 0.15) is 71.1 Å². The van der Waals surface area contributed by atoms with Crippen LogP contribution in [0.25, 0.3) is 0 Å². The first kappa shape index (κ1) is 16.1. The molecular formula is C18H31N. The van der Waals surface area contributed by atoms with Gasteiger partial charge in [0.15, 0.2) is 0 Å². The number of unbranched alkanes of at least 4 members (excludes halogenated alkanes) is 9. The summed E-state index contributed by atoms with van der Waals surface area (Å²) in [6.45, 7) is 3.44. The Morgan fingerprint density at radius 3 is 1.58 bits per heavy atom. The van der Waals surface area contributed by atoms with Gasteiger partial charge in [0.05, 0.1) is 0 Å². The second kappa shape index (κ2) is 12.1. The first-order valence-corrected chi connectivity index (χ1v) is 8.21. The zero-order valence-corrected chi connectivity index (χ0v) is 12.7. The Morgan fingerprint density at radius 2 is 1.05 bits per heavy atom. The van der Waals surface area contributed by atoms with E-state index in [1.807, 2.05) is 0 Å². The monoisotopic (exact) mass is 261 g/mol. The van der Waals surface area contributed by atoms with Crippen LogP contribution in [0.15, 0.2) is 36.7 Å². The molecule has 19 heavy (non-hydrogen) atoms. The van der Waals surface area contributed by atoms with Gasteiger partial charge in [-0.1, -0.05) is 76.9 Å². The normalized spacial score (nSPS) is 14.1. The summed E-state index contributed by atoms with van der Waals surface area (Å²) in [4.78, 5) is 2.28. The molecule has 0 aromatic rings. The van der Waals surface area contributed by atoms with Crippen molar-refractivity contribution >= 4 is 0 Å². The van der Waals surface area contributed by atoms with E-state index < -0.39 is 0 Å². The molecule has 108 valence electrons. The lowest BCUT2D eigenvalue weighted by Crippen LogP contribution is -2.10. The number of hydrogen-bond acceptors (Lipinski definition) is 1. The predicted molar refractivity (Wildman–Crippen MR) is 86.0 cm³/mol. The van der Waals surface area contributed by atoms with E-state index in [1.54, 1.807) is 0 Å². The van der Waals surface area contributed by atoms with E-state index in [0.29, 0.717) is 0 Å². The van der Waals surface area contributed by atoms with Crippen LogP contribution in [0.3, 0.4) is 0 Å². The summed E-state index contributed by atoms with van der Waals surface area (Å²) in [6, 6.07) is 0. The maximum absolute atomic E-state index is 2.28. The van der Waals surface area contributed by atoms with Gasteiger partial charge in [-0.15, -0.1) is 0 Å². The fraction of sp³-hybridized carbons (Fsp3) is 0.667. The van der Waals surface area contributed by atoms with E-state index in [9.17, 15) is 0 Å². The second-order valence-electron chi connectivity index (χ2n) is 5.49. The zero-order valence-electron chi connectivity index (χ0n) is 12.7. The molecule has 0 aliphatic carbocycles. The molecule has 1 heteroatoms. The van der Waals surface area contributed by atoms with Crippen molar-refractivity contribution in [3.63, 3.8) is 0 Å². The summed E-state index contributed by atoms with van der Waals surface area (Å²) < 4.78 is 0. The van der Waals surface area contributed by atoms with E-state index >= 15 is 0 Å². The van der Waals surface area contributed by atoms with E-state index in [-0.39, 0.29) is 0 Å². The van der Waals surface area contributed by atoms with Crippen molar-refractivity contribution in [3.05, 3.63) is 36.7 Å². The van der Waals surface area contributed by atoms with Gasteiger partial charge in [0.2, 0.25) is 0 Å². The minimum Gasteiger partial charge on any atom is -0.354 e. The van der Waals surface area contributed by atoms with Crippen molar-refractivity contribution in [1.82, 2.24) is 4.90 Å². The molecule has 0 aromatic carbocycles. The third kappa shape index (κ3) is 9.58. The molecule has 0 spiro atoms. The summed E-state index contributed by atoms with van der Waals surface area (Å²) in [5.41, 5.74) is 0. The van der Waals surface area contributed by atoms with Crippen LogP contribution in [-0.2, 0) is 0 Å². The summed E-state index contributed by atoms with van der Waals surface area (Å²) in [5, 5.41) is 0. The zero-order chi connectivity index (χ0) is 13.6. The van der Waals surface area contributed by atoms with Crippen LogP contribution in [0, 0.1) is 0 Å². The maximum Gasteiger partial charge on any atom is 0.0219 e. The number of allylic oxidation sites excluding steroid dienone is 4. The summed E-state index contributed by atoms with van der Waals surface area (Å²) >= 11 is 0. The van der Waals surface area contributed by atoms with E-state index in [0.717, 1.165) is 6.54 Å². The number of hydrogen-bond donors (Lipinski definition) is 0. The van der Waals surface area contributed by atoms with Gasteiger partial charge in [0.25, 0.3) is 0 Å². The number of rotatable bonds is 11. The number of nitrogens with zero attached hydrogens (tertiary/aromatic N) is 1. The minimum absolute atomic E-state index is 1.16. The Hall–Kier alpha value is -0.980. The topological polar surface area (TPSA) is 3.24 Å². The maximum atomic E-state index is 2.28. The van der Waals surface area contributed by atoms with Gasteiger partial charge in [0, 0.05) is 18.9 Å². The van der Waals surface area contributed by atoms with Gasteiger partial charge >= 0.3 is 0 Å². The molecule has 0 unspecified atom stereocenters. The van der Waals surface area contributed by atoms with Gasteiger partial charge in [-0.2, -0.15) is 0 Å². The van der Waals surface area contributed by atoms with Crippen molar-refractivity contribution in [3.8, 4) is 0 Å². The van der Waals surface area contributed by atoms with E-state index in [4.69, 9.17) is 0 Å². The van der Waals surface area contributed by atoms with Crippen molar-refractivity contribution in [2.75, 3.05) is 6.54 Å². The van der Waals surface area contributed by atoms with Crippen LogP contribution in [0.2, 0.25) is 0 Å². The molecule has 0 fully saturated rings. The highest BCUT2D eigenvalue weighted by Gasteiger charge is 1.96. The SMILES string of the molecule is CCCCCCCCCCCCN1C=CC=CC=C1. The fourth-order valence-corrected chi connectivity index (χ4v) is 2.43. The smallest absolute Gasteiger partial charge is 0.0219 e. The van der Waals surface area contributed by atoms with Crippen LogP contribution < -0.4 is 0 Å². The molecule has 1 nitrogen and oxygen atoms in total. The fourth-order valence-electron chi connectivity index (χ4n) is 2.43. The predicted octanol–water partition coefficient (Wildman–Crippen LogP) is 5.81. The second-order valence-corrected chi connectivity index (χ2v) is 5.49. The molecule has 0 aromatic heterocycles. The molecule has 1 aliphatic rings. The van der Waals surface area contributed by atoms with Gasteiger partial charge in [-0.3, -0.25) is 0 Å². The Labute approximate surface area is 120 Å². The third-order valence-corrected chi connectivity index (χ3v) is 3.66. The Balaban J connectivity index is 1.83. The minimum atomic E-state index is 1.16. The summed E-state index contributed by atoms with van der Waals surface area (Å²) in [7, 11) is 0. The Kier molecular flexibility index (Phi) is 10.2. The Morgan fingerprint density at radius 1 is 0.579 bits per heavy atom. The lowest BCUT2D eigenvalue weighted by Gasteiger charge is -2.14. The van der Waals surface area contributed by atoms with Crippen molar-refractivity contribution in [2.24, 2.45) is 0 Å². The van der Waals surface area contributed by atoms with Crippen LogP contribution >= 0.6 is 0 Å². The lowest BCUT2D eigenvalue weighted by atomic mass is 10.1. The van der Waals surface area contributed by atoms with Crippen molar-refractivity contribution in [1.29, 1.82) is 0 Å². The van der Waals surface area contributed by atoms with Gasteiger partial charge in [0.1, 0.15) is 0 Å². The van der Waals surface area contributed by atoms with Crippen LogP contribution in [0.5, 0.6) is 0 Å². The molecular weight excluding hydrogens is 230 g/mol. The van der Waals surface area contributed by atoms with Gasteiger partial charge < -0.3 is 4.90 Å². The first-order valence-electron chi connectivity index (χ1n) is 8.21. The molecule has 1 heterocycles. The third-order valence-electron chi connectivity index (χ3n) is 3.66. The first-order chi connectivity index (χ1) is 9.43. The van der Waals surface area contributed by atoms with Gasteiger partial charge in [-0.25, -0.2) is 0 Å². The summed E-state index contributed by atoms with van der Waals surface area (Å²) in [6.07, 6.45) is 26.8. The van der Waals surface area contributed by atoms with E-state index in [2.05, 4.69) is 48.5 Å². The molecule has 1 aliphatic heterocycles. The molecule has 0 saturated carbocycles. The van der Waals surface area contributed by atoms with Gasteiger partial charge in [-0.05, 0) is 18.6 Å². The molecule has 0 saturated heterocycles. The summed E-state index contributed by atoms with van der Waals surface area (Å²) in [5.74, 6) is 0. The van der Waals surface area contributed by atoms with Crippen LogP contribution in [0.4, 0.5) is 0 Å². The molecule has 0 N–H and O–H groups in total. The van der Waals surface area contributed by atoms with E-state index in [1.165, 1.54) is 64.2 Å². The quantitative estimate of drug-likeness (QED) is 0.424. The average Bonchev–Trinajstić information content (AvgIpc) is 2.69. The van der Waals surface area contributed by atoms with Crippen LogP contribution in [-0.4, -0.2) is 11.4 Å². The van der Waals surface area contributed by atoms with Crippen molar-refractivity contribution < 1.29 is 0 Å². The highest BCUT2D eigenvalue weighted by molar-refractivity contribution is 5.15.